The number of hydrogen-bond donors (Lipinski definition) is 0. The molecule has 3 aromatic carbocycles. The molecule has 4 nitrogen and oxygen atoms in total. The number of benzene rings is 3. The van der Waals surface area contributed by atoms with Gasteiger partial charge in [-0.3, -0.25) is 0 Å². The summed E-state index contributed by atoms with van der Waals surface area (Å²) in [5.74, 6) is 2.99. The molecule has 5 heteroatoms. The number of halogens is 1. The first kappa shape index (κ1) is 24.1. The topological polar surface area (TPSA) is 27.3 Å². The van der Waals surface area contributed by atoms with E-state index >= 15 is 0 Å². The van der Waals surface area contributed by atoms with Crippen molar-refractivity contribution in [3.8, 4) is 39.6 Å². The van der Waals surface area contributed by atoms with Crippen LogP contribution in [0.15, 0.2) is 79.0 Å². The fourth-order valence-electron chi connectivity index (χ4n) is 4.79. The van der Waals surface area contributed by atoms with Gasteiger partial charge in [-0.15, -0.1) is 0 Å². The summed E-state index contributed by atoms with van der Waals surface area (Å²) in [6.07, 6.45) is 7.00. The molecule has 34 heavy (non-hydrogen) atoms. The maximum absolute atomic E-state index is 5.78. The normalized spacial score (nSPS) is 12.9. The van der Waals surface area contributed by atoms with Gasteiger partial charge in [0.05, 0.1) is 20.3 Å². The minimum atomic E-state index is 0. The Morgan fingerprint density at radius 3 is 2.32 bits per heavy atom. The van der Waals surface area contributed by atoms with Gasteiger partial charge in [-0.25, -0.2) is 4.57 Å². The molecule has 0 aliphatic carbocycles. The fraction of sp³-hybridized carbons (Fsp3) is 0.276. The van der Waals surface area contributed by atoms with Crippen LogP contribution in [0.4, 0.5) is 0 Å². The minimum absolute atomic E-state index is 0. The van der Waals surface area contributed by atoms with Gasteiger partial charge in [0.2, 0.25) is 0 Å². The molecule has 1 aliphatic heterocycles. The number of imidazole rings is 1. The highest BCUT2D eigenvalue weighted by Crippen LogP contribution is 2.30. The molecule has 1 aromatic heterocycles. The Labute approximate surface area is 212 Å². The van der Waals surface area contributed by atoms with Crippen LogP contribution in [0.2, 0.25) is 0 Å². The molecule has 0 fully saturated rings. The third-order valence-electron chi connectivity index (χ3n) is 6.42. The van der Waals surface area contributed by atoms with E-state index in [9.17, 15) is 0 Å². The number of aromatic nitrogens is 2. The highest BCUT2D eigenvalue weighted by Gasteiger charge is 2.28. The SMILES string of the molecule is CCOc1ccc(-[n+]2cc(-c3ccc(-c4ccccc4)cc3)n3c2CCCCC3)c(OC)c1.[Br-]. The van der Waals surface area contributed by atoms with E-state index in [1.807, 2.05) is 19.1 Å². The molecule has 2 heterocycles. The second-order valence-electron chi connectivity index (χ2n) is 8.47. The van der Waals surface area contributed by atoms with Crippen LogP contribution >= 0.6 is 0 Å². The summed E-state index contributed by atoms with van der Waals surface area (Å²) in [6.45, 7) is 3.68. The van der Waals surface area contributed by atoms with Crippen molar-refractivity contribution in [2.24, 2.45) is 0 Å². The maximum Gasteiger partial charge on any atom is 0.262 e. The van der Waals surface area contributed by atoms with Crippen LogP contribution in [-0.2, 0) is 13.0 Å². The monoisotopic (exact) mass is 518 g/mol. The summed E-state index contributed by atoms with van der Waals surface area (Å²) >= 11 is 0. The van der Waals surface area contributed by atoms with Gasteiger partial charge in [0.15, 0.2) is 17.1 Å². The van der Waals surface area contributed by atoms with Gasteiger partial charge in [-0.1, -0.05) is 42.5 Å². The molecule has 0 bridgehead atoms. The van der Waals surface area contributed by atoms with Crippen LogP contribution in [0, 0.1) is 0 Å². The van der Waals surface area contributed by atoms with Crippen molar-refractivity contribution >= 4 is 0 Å². The van der Waals surface area contributed by atoms with Gasteiger partial charge in [-0.05, 0) is 61.6 Å². The highest BCUT2D eigenvalue weighted by molar-refractivity contribution is 5.68. The van der Waals surface area contributed by atoms with Crippen molar-refractivity contribution in [1.29, 1.82) is 0 Å². The summed E-state index contributed by atoms with van der Waals surface area (Å²) in [5, 5.41) is 0. The van der Waals surface area contributed by atoms with Gasteiger partial charge >= 0.3 is 0 Å². The Morgan fingerprint density at radius 1 is 0.853 bits per heavy atom. The molecule has 5 rings (SSSR count). The summed E-state index contributed by atoms with van der Waals surface area (Å²) in [6, 6.07) is 25.6. The Kier molecular flexibility index (Phi) is 7.73. The molecule has 0 amide bonds. The first-order valence-electron chi connectivity index (χ1n) is 11.9. The number of methoxy groups -OCH3 is 1. The van der Waals surface area contributed by atoms with Crippen molar-refractivity contribution in [3.63, 3.8) is 0 Å². The molecule has 176 valence electrons. The molecule has 0 radical (unpaired) electrons. The smallest absolute Gasteiger partial charge is 0.262 e. The van der Waals surface area contributed by atoms with Gasteiger partial charge in [-0.2, -0.15) is 4.57 Å². The number of nitrogens with zero attached hydrogens (tertiary/aromatic N) is 2. The number of fused-ring (bicyclic) bond motifs is 1. The zero-order chi connectivity index (χ0) is 22.6. The summed E-state index contributed by atoms with van der Waals surface area (Å²) in [7, 11) is 1.73. The molecule has 0 saturated carbocycles. The first-order chi connectivity index (χ1) is 16.3. The Balaban J connectivity index is 0.00000274. The molecule has 1 aliphatic rings. The average molecular weight is 519 g/mol. The molecule has 0 atom stereocenters. The predicted octanol–water partition coefficient (Wildman–Crippen LogP) is 3.24. The van der Waals surface area contributed by atoms with Crippen LogP contribution in [-0.4, -0.2) is 18.3 Å². The summed E-state index contributed by atoms with van der Waals surface area (Å²) in [5.41, 5.74) is 6.03. The van der Waals surface area contributed by atoms with E-state index in [0.29, 0.717) is 6.61 Å². The Morgan fingerprint density at radius 2 is 1.59 bits per heavy atom. The summed E-state index contributed by atoms with van der Waals surface area (Å²) < 4.78 is 16.3. The second kappa shape index (κ2) is 10.9. The zero-order valence-corrected chi connectivity index (χ0v) is 21.4. The lowest BCUT2D eigenvalue weighted by atomic mass is 10.0. The standard InChI is InChI=1S/C29H31N2O2.BrH/c1-3-33-25-17-18-26(28(20-25)32-2)31-21-27(30-19-9-5-8-12-29(30)31)24-15-13-23(14-16-24)22-10-6-4-7-11-22;/h4,6-7,10-11,13-18,20-21H,3,5,8-9,12,19H2,1-2H3;1H/q+1;/p-1. The van der Waals surface area contributed by atoms with E-state index in [-0.39, 0.29) is 17.0 Å². The van der Waals surface area contributed by atoms with Gasteiger partial charge < -0.3 is 26.5 Å². The summed E-state index contributed by atoms with van der Waals surface area (Å²) in [4.78, 5) is 0. The number of hydrogen-bond acceptors (Lipinski definition) is 2. The van der Waals surface area contributed by atoms with Crippen molar-refractivity contribution in [1.82, 2.24) is 4.57 Å². The van der Waals surface area contributed by atoms with E-state index in [2.05, 4.69) is 76.0 Å². The van der Waals surface area contributed by atoms with Crippen LogP contribution in [0.5, 0.6) is 11.5 Å². The van der Waals surface area contributed by atoms with E-state index in [1.165, 1.54) is 47.5 Å². The fourth-order valence-corrected chi connectivity index (χ4v) is 4.79. The first-order valence-corrected chi connectivity index (χ1v) is 11.9. The Hall–Kier alpha value is -3.05. The Bertz CT molecular complexity index is 1230. The van der Waals surface area contributed by atoms with Crippen molar-refractivity contribution in [3.05, 3.63) is 84.8 Å². The quantitative estimate of drug-likeness (QED) is 0.366. The van der Waals surface area contributed by atoms with Gasteiger partial charge in [0, 0.05) is 18.1 Å². The van der Waals surface area contributed by atoms with Crippen LogP contribution in [0.25, 0.3) is 28.1 Å². The molecule has 4 aromatic rings. The van der Waals surface area contributed by atoms with Crippen molar-refractivity contribution < 1.29 is 31.0 Å². The van der Waals surface area contributed by atoms with E-state index in [0.717, 1.165) is 30.2 Å². The third-order valence-corrected chi connectivity index (χ3v) is 6.42. The average Bonchev–Trinajstić information content (AvgIpc) is 3.05. The number of rotatable bonds is 6. The van der Waals surface area contributed by atoms with E-state index in [1.54, 1.807) is 7.11 Å². The molecule has 0 saturated heterocycles. The van der Waals surface area contributed by atoms with Crippen LogP contribution < -0.4 is 31.0 Å². The zero-order valence-electron chi connectivity index (χ0n) is 19.8. The van der Waals surface area contributed by atoms with Crippen molar-refractivity contribution in [2.75, 3.05) is 13.7 Å². The van der Waals surface area contributed by atoms with Crippen LogP contribution in [0.1, 0.15) is 32.0 Å². The largest absolute Gasteiger partial charge is 1.00 e. The highest BCUT2D eigenvalue weighted by atomic mass is 79.9. The molecule has 0 unspecified atom stereocenters. The van der Waals surface area contributed by atoms with Gasteiger partial charge in [0.25, 0.3) is 5.82 Å². The lowest BCUT2D eigenvalue weighted by Crippen LogP contribution is -3.00. The van der Waals surface area contributed by atoms with Crippen molar-refractivity contribution in [2.45, 2.75) is 39.2 Å². The van der Waals surface area contributed by atoms with E-state index in [4.69, 9.17) is 9.47 Å². The van der Waals surface area contributed by atoms with E-state index < -0.39 is 0 Å². The van der Waals surface area contributed by atoms with Crippen LogP contribution in [0.3, 0.4) is 0 Å². The predicted molar refractivity (Wildman–Crippen MR) is 132 cm³/mol. The maximum atomic E-state index is 5.78. The molecular weight excluding hydrogens is 488 g/mol. The second-order valence-corrected chi connectivity index (χ2v) is 8.47. The molecule has 0 N–H and O–H groups in total. The molecular formula is C29H31BrN2O2. The minimum Gasteiger partial charge on any atom is -1.00 e. The third kappa shape index (κ3) is 4.76. The number of ether oxygens (including phenoxy) is 2. The van der Waals surface area contributed by atoms with Gasteiger partial charge in [0.1, 0.15) is 11.9 Å². The lowest BCUT2D eigenvalue weighted by Gasteiger charge is -2.10. The lowest BCUT2D eigenvalue weighted by molar-refractivity contribution is -0.604. The molecule has 0 spiro atoms.